The Bertz CT molecular complexity index is 823. The number of hydrogen-bond acceptors (Lipinski definition) is 5. The number of anilines is 2. The maximum absolute atomic E-state index is 4.96. The minimum atomic E-state index is 0.673. The van der Waals surface area contributed by atoms with E-state index in [1.54, 1.807) is 0 Å². The van der Waals surface area contributed by atoms with Gasteiger partial charge in [-0.1, -0.05) is 18.9 Å². The fraction of sp³-hybridized carbons (Fsp3) is 0.542. The zero-order valence-electron chi connectivity index (χ0n) is 18.7. The molecule has 166 valence electrons. The van der Waals surface area contributed by atoms with Crippen LogP contribution in [0.25, 0.3) is 0 Å². The lowest BCUT2D eigenvalue weighted by molar-refractivity contribution is 0.371. The second kappa shape index (κ2) is 11.0. The number of aromatic nitrogens is 2. The monoisotopic (exact) mass is 421 g/mol. The smallest absolute Gasteiger partial charge is 0.194 e. The third-order valence-electron chi connectivity index (χ3n) is 6.04. The molecule has 0 radical (unpaired) electrons. The van der Waals surface area contributed by atoms with E-state index in [1.165, 1.54) is 31.2 Å². The molecule has 2 fully saturated rings. The van der Waals surface area contributed by atoms with Crippen LogP contribution in [0, 0.1) is 0 Å². The third-order valence-corrected chi connectivity index (χ3v) is 6.04. The molecule has 2 aliphatic rings. The van der Waals surface area contributed by atoms with E-state index in [4.69, 9.17) is 4.99 Å². The first-order chi connectivity index (χ1) is 15.3. The van der Waals surface area contributed by atoms with E-state index in [1.807, 2.05) is 18.5 Å². The maximum atomic E-state index is 4.96. The summed E-state index contributed by atoms with van der Waals surface area (Å²) in [5, 5.41) is 3.48. The van der Waals surface area contributed by atoms with Gasteiger partial charge in [0, 0.05) is 58.2 Å². The molecule has 2 aliphatic heterocycles. The molecule has 31 heavy (non-hydrogen) atoms. The molecule has 0 atom stereocenters. The van der Waals surface area contributed by atoms with Crippen LogP contribution in [-0.4, -0.2) is 66.6 Å². The average molecular weight is 422 g/mol. The third kappa shape index (κ3) is 5.87. The van der Waals surface area contributed by atoms with Crippen LogP contribution in [0.3, 0.4) is 0 Å². The Morgan fingerprint density at radius 1 is 0.871 bits per heavy atom. The quantitative estimate of drug-likeness (QED) is 0.591. The van der Waals surface area contributed by atoms with Gasteiger partial charge in [0.05, 0.1) is 6.54 Å². The number of nitrogens with zero attached hydrogens (tertiary/aromatic N) is 6. The van der Waals surface area contributed by atoms with Gasteiger partial charge < -0.3 is 20.0 Å². The molecule has 7 nitrogen and oxygen atoms in total. The largest absolute Gasteiger partial charge is 0.357 e. The Morgan fingerprint density at radius 3 is 2.32 bits per heavy atom. The van der Waals surface area contributed by atoms with E-state index < -0.39 is 0 Å². The van der Waals surface area contributed by atoms with Crippen molar-refractivity contribution in [2.24, 2.45) is 4.99 Å². The second-order valence-corrected chi connectivity index (χ2v) is 8.26. The fourth-order valence-electron chi connectivity index (χ4n) is 4.31. The van der Waals surface area contributed by atoms with Gasteiger partial charge in [-0.15, -0.1) is 0 Å². The number of piperazine rings is 1. The van der Waals surface area contributed by atoms with Crippen molar-refractivity contribution in [3.05, 3.63) is 48.3 Å². The lowest BCUT2D eigenvalue weighted by Gasteiger charge is -2.37. The average Bonchev–Trinajstić information content (AvgIpc) is 3.12. The molecular weight excluding hydrogens is 386 g/mol. The van der Waals surface area contributed by atoms with Gasteiger partial charge in [0.2, 0.25) is 0 Å². The summed E-state index contributed by atoms with van der Waals surface area (Å²) in [7, 11) is 0. The summed E-state index contributed by atoms with van der Waals surface area (Å²) in [6.07, 6.45) is 8.99. The Balaban J connectivity index is 1.38. The molecule has 1 N–H and O–H groups in total. The molecule has 0 aromatic carbocycles. The topological polar surface area (TPSA) is 59.9 Å². The van der Waals surface area contributed by atoms with E-state index in [9.17, 15) is 0 Å². The zero-order chi connectivity index (χ0) is 21.3. The molecule has 0 spiro atoms. The van der Waals surface area contributed by atoms with Crippen molar-refractivity contribution >= 4 is 17.6 Å². The van der Waals surface area contributed by atoms with Crippen LogP contribution in [0.5, 0.6) is 0 Å². The molecule has 2 aromatic heterocycles. The van der Waals surface area contributed by atoms with Crippen LogP contribution < -0.4 is 15.1 Å². The van der Waals surface area contributed by atoms with Gasteiger partial charge in [-0.3, -0.25) is 0 Å². The van der Waals surface area contributed by atoms with Crippen LogP contribution >= 0.6 is 0 Å². The predicted molar refractivity (Wildman–Crippen MR) is 128 cm³/mol. The van der Waals surface area contributed by atoms with Gasteiger partial charge in [-0.05, 0) is 49.6 Å². The number of rotatable bonds is 5. The zero-order valence-corrected chi connectivity index (χ0v) is 18.7. The van der Waals surface area contributed by atoms with Gasteiger partial charge >= 0.3 is 0 Å². The number of pyridine rings is 2. The van der Waals surface area contributed by atoms with Crippen molar-refractivity contribution < 1.29 is 0 Å². The Hall–Kier alpha value is -2.83. The summed E-state index contributed by atoms with van der Waals surface area (Å²) >= 11 is 0. The highest BCUT2D eigenvalue weighted by molar-refractivity contribution is 5.80. The molecule has 2 saturated heterocycles. The van der Waals surface area contributed by atoms with Crippen molar-refractivity contribution in [2.75, 3.05) is 55.6 Å². The molecule has 0 amide bonds. The first-order valence-electron chi connectivity index (χ1n) is 11.7. The van der Waals surface area contributed by atoms with Crippen molar-refractivity contribution in [1.29, 1.82) is 0 Å². The molecular formula is C24H35N7. The molecule has 0 saturated carbocycles. The normalized spacial score (nSPS) is 18.1. The molecule has 2 aromatic rings. The van der Waals surface area contributed by atoms with Crippen LogP contribution in [-0.2, 0) is 6.54 Å². The lowest BCUT2D eigenvalue weighted by atomic mass is 10.2. The van der Waals surface area contributed by atoms with E-state index in [2.05, 4.69) is 61.2 Å². The van der Waals surface area contributed by atoms with E-state index in [0.29, 0.717) is 6.54 Å². The van der Waals surface area contributed by atoms with Crippen molar-refractivity contribution in [3.8, 4) is 0 Å². The minimum Gasteiger partial charge on any atom is -0.357 e. The SMILES string of the molecule is CCNC(=NCc1ccnc(N2CCCCCC2)c1)N1CCN(c2ccccn2)CC1. The maximum Gasteiger partial charge on any atom is 0.194 e. The summed E-state index contributed by atoms with van der Waals surface area (Å²) in [6, 6.07) is 10.4. The standard InChI is InChI=1S/C24H35N7/c1-2-25-24(31-17-15-30(16-18-31)22-9-5-6-11-26-22)28-20-21-10-12-27-23(19-21)29-13-7-3-4-8-14-29/h5-6,9-12,19H,2-4,7-8,13-18,20H2,1H3,(H,25,28). The Morgan fingerprint density at radius 2 is 1.61 bits per heavy atom. The molecule has 4 rings (SSSR count). The summed E-state index contributed by atoms with van der Waals surface area (Å²) in [6.45, 7) is 9.69. The molecule has 4 heterocycles. The highest BCUT2D eigenvalue weighted by Gasteiger charge is 2.20. The summed E-state index contributed by atoms with van der Waals surface area (Å²) in [5.74, 6) is 3.15. The minimum absolute atomic E-state index is 0.673. The van der Waals surface area contributed by atoms with Gasteiger partial charge in [0.25, 0.3) is 0 Å². The second-order valence-electron chi connectivity index (χ2n) is 8.26. The highest BCUT2D eigenvalue weighted by atomic mass is 15.4. The molecule has 0 bridgehead atoms. The molecule has 7 heteroatoms. The fourth-order valence-corrected chi connectivity index (χ4v) is 4.31. The van der Waals surface area contributed by atoms with E-state index >= 15 is 0 Å². The Labute approximate surface area is 186 Å². The molecule has 0 aliphatic carbocycles. The lowest BCUT2D eigenvalue weighted by Crippen LogP contribution is -2.52. The van der Waals surface area contributed by atoms with Gasteiger partial charge in [-0.2, -0.15) is 0 Å². The first kappa shape index (κ1) is 21.4. The van der Waals surface area contributed by atoms with E-state index in [0.717, 1.165) is 63.4 Å². The number of aliphatic imine (C=N–C) groups is 1. The van der Waals surface area contributed by atoms with Crippen molar-refractivity contribution in [1.82, 2.24) is 20.2 Å². The van der Waals surface area contributed by atoms with Crippen LogP contribution in [0.1, 0.15) is 38.2 Å². The summed E-state index contributed by atoms with van der Waals surface area (Å²) < 4.78 is 0. The van der Waals surface area contributed by atoms with Gasteiger partial charge in [-0.25, -0.2) is 15.0 Å². The number of guanidine groups is 1. The van der Waals surface area contributed by atoms with Crippen molar-refractivity contribution in [3.63, 3.8) is 0 Å². The number of hydrogen-bond donors (Lipinski definition) is 1. The van der Waals surface area contributed by atoms with Crippen LogP contribution in [0.15, 0.2) is 47.7 Å². The van der Waals surface area contributed by atoms with E-state index in [-0.39, 0.29) is 0 Å². The van der Waals surface area contributed by atoms with Crippen LogP contribution in [0.4, 0.5) is 11.6 Å². The van der Waals surface area contributed by atoms with Crippen molar-refractivity contribution in [2.45, 2.75) is 39.2 Å². The predicted octanol–water partition coefficient (Wildman–Crippen LogP) is 3.14. The highest BCUT2D eigenvalue weighted by Crippen LogP contribution is 2.19. The molecule has 0 unspecified atom stereocenters. The summed E-state index contributed by atoms with van der Waals surface area (Å²) in [4.78, 5) is 21.2. The summed E-state index contributed by atoms with van der Waals surface area (Å²) in [5.41, 5.74) is 1.22. The number of nitrogens with one attached hydrogen (secondary N) is 1. The van der Waals surface area contributed by atoms with Gasteiger partial charge in [0.15, 0.2) is 5.96 Å². The van der Waals surface area contributed by atoms with Crippen LogP contribution in [0.2, 0.25) is 0 Å². The first-order valence-corrected chi connectivity index (χ1v) is 11.7. The van der Waals surface area contributed by atoms with Gasteiger partial charge in [0.1, 0.15) is 11.6 Å². The Kier molecular flexibility index (Phi) is 7.58.